The van der Waals surface area contributed by atoms with Crippen molar-refractivity contribution in [1.82, 2.24) is 15.2 Å². The van der Waals surface area contributed by atoms with Gasteiger partial charge in [0.2, 0.25) is 5.91 Å². The summed E-state index contributed by atoms with van der Waals surface area (Å²) >= 11 is 3.32. The van der Waals surface area contributed by atoms with Gasteiger partial charge >= 0.3 is 0 Å². The summed E-state index contributed by atoms with van der Waals surface area (Å²) in [6.07, 6.45) is 3.58. The number of likely N-dealkylation sites (tertiary alicyclic amines) is 1. The van der Waals surface area contributed by atoms with Crippen LogP contribution in [0.15, 0.2) is 45.7 Å². The minimum Gasteiger partial charge on any atom is -0.459 e. The Morgan fingerprint density at radius 2 is 2.07 bits per heavy atom. The van der Waals surface area contributed by atoms with Crippen LogP contribution in [-0.4, -0.2) is 41.3 Å². The van der Waals surface area contributed by atoms with E-state index in [9.17, 15) is 9.59 Å². The van der Waals surface area contributed by atoms with Gasteiger partial charge in [-0.3, -0.25) is 9.59 Å². The Bertz CT molecular complexity index is 911. The van der Waals surface area contributed by atoms with E-state index in [0.717, 1.165) is 17.1 Å². The van der Waals surface area contributed by atoms with E-state index >= 15 is 0 Å². The van der Waals surface area contributed by atoms with Crippen molar-refractivity contribution in [3.8, 4) is 9.88 Å². The van der Waals surface area contributed by atoms with Crippen LogP contribution >= 0.6 is 22.7 Å². The second-order valence-corrected chi connectivity index (χ2v) is 8.51. The molecular formula is C20H21N3O3S2. The molecule has 8 heteroatoms. The number of furan rings is 1. The Balaban J connectivity index is 1.20. The lowest BCUT2D eigenvalue weighted by molar-refractivity contribution is -0.126. The van der Waals surface area contributed by atoms with Crippen molar-refractivity contribution in [3.63, 3.8) is 0 Å². The van der Waals surface area contributed by atoms with Crippen LogP contribution in [0.2, 0.25) is 0 Å². The van der Waals surface area contributed by atoms with Crippen LogP contribution in [-0.2, 0) is 11.2 Å². The van der Waals surface area contributed by atoms with Gasteiger partial charge in [0, 0.05) is 37.4 Å². The highest BCUT2D eigenvalue weighted by Gasteiger charge is 2.28. The number of aromatic nitrogens is 1. The highest BCUT2D eigenvalue weighted by atomic mass is 32.1. The van der Waals surface area contributed by atoms with Crippen LogP contribution in [0, 0.1) is 5.92 Å². The molecule has 146 valence electrons. The molecule has 1 N–H and O–H groups in total. The number of rotatable bonds is 6. The molecule has 0 aliphatic carbocycles. The van der Waals surface area contributed by atoms with E-state index in [0.29, 0.717) is 38.2 Å². The summed E-state index contributed by atoms with van der Waals surface area (Å²) in [5.74, 6) is 0.276. The Kier molecular flexibility index (Phi) is 5.87. The lowest BCUT2D eigenvalue weighted by Crippen LogP contribution is -2.43. The number of thiazole rings is 1. The molecule has 6 nitrogen and oxygen atoms in total. The van der Waals surface area contributed by atoms with E-state index in [-0.39, 0.29) is 17.7 Å². The molecule has 1 fully saturated rings. The molecule has 3 aromatic heterocycles. The maximum Gasteiger partial charge on any atom is 0.289 e. The van der Waals surface area contributed by atoms with Crippen molar-refractivity contribution in [3.05, 3.63) is 52.7 Å². The molecule has 0 bridgehead atoms. The number of carbonyl (C=O) groups excluding carboxylic acids is 2. The molecule has 1 aliphatic heterocycles. The Morgan fingerprint density at radius 3 is 2.79 bits per heavy atom. The number of carbonyl (C=O) groups is 2. The van der Waals surface area contributed by atoms with E-state index in [2.05, 4.69) is 21.7 Å². The lowest BCUT2D eigenvalue weighted by Gasteiger charge is -2.30. The van der Waals surface area contributed by atoms with Gasteiger partial charge in [-0.25, -0.2) is 4.98 Å². The van der Waals surface area contributed by atoms with E-state index in [1.807, 2.05) is 11.4 Å². The molecule has 0 aromatic carbocycles. The first-order valence-corrected chi connectivity index (χ1v) is 11.1. The minimum absolute atomic E-state index is 0.0437. The van der Waals surface area contributed by atoms with E-state index in [1.54, 1.807) is 39.7 Å². The van der Waals surface area contributed by atoms with Crippen molar-refractivity contribution in [1.29, 1.82) is 0 Å². The predicted octanol–water partition coefficient (Wildman–Crippen LogP) is 3.68. The van der Waals surface area contributed by atoms with Crippen molar-refractivity contribution in [2.75, 3.05) is 19.6 Å². The highest BCUT2D eigenvalue weighted by molar-refractivity contribution is 7.20. The average Bonchev–Trinajstić information content (AvgIpc) is 3.49. The van der Waals surface area contributed by atoms with Gasteiger partial charge in [0.05, 0.1) is 16.8 Å². The normalized spacial score (nSPS) is 14.9. The van der Waals surface area contributed by atoms with Gasteiger partial charge in [-0.15, -0.1) is 22.7 Å². The molecule has 0 saturated carbocycles. The van der Waals surface area contributed by atoms with Crippen LogP contribution in [0.3, 0.4) is 0 Å². The summed E-state index contributed by atoms with van der Waals surface area (Å²) in [5, 5.41) is 8.16. The standard InChI is InChI=1S/C20H21N3O3S2/c24-18(14-6-9-23(10-7-14)20(25)16-3-1-11-26-16)21-8-5-15-13-28-19(22-15)17-4-2-12-27-17/h1-4,11-14H,5-10H2,(H,21,24). The third-order valence-corrected chi connectivity index (χ3v) is 6.78. The molecule has 0 atom stereocenters. The minimum atomic E-state index is -0.103. The largest absolute Gasteiger partial charge is 0.459 e. The Labute approximate surface area is 171 Å². The van der Waals surface area contributed by atoms with Crippen LogP contribution < -0.4 is 5.32 Å². The Morgan fingerprint density at radius 1 is 1.21 bits per heavy atom. The molecule has 4 rings (SSSR count). The van der Waals surface area contributed by atoms with Gasteiger partial charge < -0.3 is 14.6 Å². The van der Waals surface area contributed by atoms with Gasteiger partial charge in [0.15, 0.2) is 5.76 Å². The number of hydrogen-bond acceptors (Lipinski definition) is 6. The molecule has 1 aliphatic rings. The fraction of sp³-hybridized carbons (Fsp3) is 0.350. The predicted molar refractivity (Wildman–Crippen MR) is 109 cm³/mol. The second kappa shape index (κ2) is 8.70. The molecule has 2 amide bonds. The van der Waals surface area contributed by atoms with Crippen molar-refractivity contribution in [2.24, 2.45) is 5.92 Å². The van der Waals surface area contributed by atoms with Crippen molar-refractivity contribution in [2.45, 2.75) is 19.3 Å². The van der Waals surface area contributed by atoms with E-state index in [1.165, 1.54) is 11.1 Å². The summed E-state index contributed by atoms with van der Waals surface area (Å²) < 4.78 is 5.17. The number of nitrogens with zero attached hydrogens (tertiary/aromatic N) is 2. The molecule has 0 spiro atoms. The number of nitrogens with one attached hydrogen (secondary N) is 1. The van der Waals surface area contributed by atoms with Gasteiger partial charge in [-0.1, -0.05) is 6.07 Å². The van der Waals surface area contributed by atoms with Crippen LogP contribution in [0.5, 0.6) is 0 Å². The van der Waals surface area contributed by atoms with Crippen LogP contribution in [0.1, 0.15) is 29.1 Å². The maximum atomic E-state index is 12.4. The number of amides is 2. The molecule has 0 unspecified atom stereocenters. The van der Waals surface area contributed by atoms with Crippen molar-refractivity contribution < 1.29 is 14.0 Å². The molecule has 4 heterocycles. The summed E-state index contributed by atoms with van der Waals surface area (Å²) in [5.41, 5.74) is 1.01. The summed E-state index contributed by atoms with van der Waals surface area (Å²) in [4.78, 5) is 32.3. The summed E-state index contributed by atoms with van der Waals surface area (Å²) in [6.45, 7) is 1.74. The van der Waals surface area contributed by atoms with Gasteiger partial charge in [0.1, 0.15) is 5.01 Å². The molecule has 0 radical (unpaired) electrons. The Hall–Kier alpha value is -2.45. The zero-order chi connectivity index (χ0) is 19.3. The third kappa shape index (κ3) is 4.34. The first kappa shape index (κ1) is 18.9. The first-order chi connectivity index (χ1) is 13.7. The number of thiophene rings is 1. The zero-order valence-electron chi connectivity index (χ0n) is 15.3. The van der Waals surface area contributed by atoms with Crippen molar-refractivity contribution >= 4 is 34.5 Å². The molecule has 28 heavy (non-hydrogen) atoms. The van der Waals surface area contributed by atoms with Gasteiger partial charge in [-0.2, -0.15) is 0 Å². The van der Waals surface area contributed by atoms with E-state index < -0.39 is 0 Å². The number of hydrogen-bond donors (Lipinski definition) is 1. The number of piperidine rings is 1. The summed E-state index contributed by atoms with van der Waals surface area (Å²) in [6, 6.07) is 7.47. The monoisotopic (exact) mass is 415 g/mol. The second-order valence-electron chi connectivity index (χ2n) is 6.71. The molecular weight excluding hydrogens is 394 g/mol. The van der Waals surface area contributed by atoms with Gasteiger partial charge in [0.25, 0.3) is 5.91 Å². The fourth-order valence-electron chi connectivity index (χ4n) is 3.29. The molecule has 1 saturated heterocycles. The van der Waals surface area contributed by atoms with Crippen LogP contribution in [0.4, 0.5) is 0 Å². The average molecular weight is 416 g/mol. The lowest BCUT2D eigenvalue weighted by atomic mass is 9.95. The topological polar surface area (TPSA) is 75.4 Å². The van der Waals surface area contributed by atoms with Gasteiger partial charge in [-0.05, 0) is 36.4 Å². The third-order valence-electron chi connectivity index (χ3n) is 4.85. The quantitative estimate of drug-likeness (QED) is 0.666. The van der Waals surface area contributed by atoms with Crippen LogP contribution in [0.25, 0.3) is 9.88 Å². The fourth-order valence-corrected chi connectivity index (χ4v) is 4.96. The SMILES string of the molecule is O=C(NCCc1csc(-c2cccs2)n1)C1CCN(C(=O)c2ccco2)CC1. The molecule has 3 aromatic rings. The zero-order valence-corrected chi connectivity index (χ0v) is 16.9. The van der Waals surface area contributed by atoms with E-state index in [4.69, 9.17) is 4.42 Å². The smallest absolute Gasteiger partial charge is 0.289 e. The maximum absolute atomic E-state index is 12.4. The highest BCUT2D eigenvalue weighted by Crippen LogP contribution is 2.27. The summed E-state index contributed by atoms with van der Waals surface area (Å²) in [7, 11) is 0. The first-order valence-electron chi connectivity index (χ1n) is 9.29.